The predicted octanol–water partition coefficient (Wildman–Crippen LogP) is 4.67. The molecule has 0 saturated heterocycles. The summed E-state index contributed by atoms with van der Waals surface area (Å²) in [5, 5.41) is 6.30. The zero-order valence-corrected chi connectivity index (χ0v) is 20.9. The van der Waals surface area contributed by atoms with Crippen molar-refractivity contribution in [3.8, 4) is 22.8 Å². The molecule has 1 aromatic heterocycles. The van der Waals surface area contributed by atoms with Crippen LogP contribution in [0.3, 0.4) is 0 Å². The molecule has 1 aliphatic rings. The Morgan fingerprint density at radius 1 is 1.06 bits per heavy atom. The number of carbonyl (C=O) groups excluding carboxylic acids is 1. The van der Waals surface area contributed by atoms with E-state index in [9.17, 15) is 4.79 Å². The van der Waals surface area contributed by atoms with Crippen molar-refractivity contribution in [3.05, 3.63) is 53.7 Å². The van der Waals surface area contributed by atoms with Crippen LogP contribution in [0, 0.1) is 0 Å². The Bertz CT molecular complexity index is 1190. The zero-order chi connectivity index (χ0) is 24.8. The number of aromatic nitrogens is 2. The van der Waals surface area contributed by atoms with Crippen molar-refractivity contribution in [2.24, 2.45) is 0 Å². The van der Waals surface area contributed by atoms with E-state index < -0.39 is 0 Å². The van der Waals surface area contributed by atoms with Crippen molar-refractivity contribution in [2.45, 2.75) is 33.1 Å². The van der Waals surface area contributed by atoms with Gasteiger partial charge in [0.25, 0.3) is 0 Å². The molecule has 0 radical (unpaired) electrons. The molecule has 35 heavy (non-hydrogen) atoms. The van der Waals surface area contributed by atoms with Gasteiger partial charge in [0.15, 0.2) is 11.5 Å². The van der Waals surface area contributed by atoms with E-state index in [0.717, 1.165) is 60.7 Å². The molecular formula is C27H33N5O3. The van der Waals surface area contributed by atoms with Gasteiger partial charge in [-0.2, -0.15) is 0 Å². The molecule has 2 heterocycles. The zero-order valence-electron chi connectivity index (χ0n) is 20.9. The lowest BCUT2D eigenvalue weighted by atomic mass is 10.0. The summed E-state index contributed by atoms with van der Waals surface area (Å²) >= 11 is 0. The van der Waals surface area contributed by atoms with Gasteiger partial charge in [-0.25, -0.2) is 9.97 Å². The number of hydrogen-bond acceptors (Lipinski definition) is 7. The van der Waals surface area contributed by atoms with Gasteiger partial charge in [-0.15, -0.1) is 0 Å². The lowest BCUT2D eigenvalue weighted by Gasteiger charge is -2.18. The number of rotatable bonds is 10. The Labute approximate surface area is 206 Å². The fraction of sp³-hybridized carbons (Fsp3) is 0.370. The van der Waals surface area contributed by atoms with Crippen LogP contribution >= 0.6 is 0 Å². The van der Waals surface area contributed by atoms with E-state index in [1.807, 2.05) is 18.2 Å². The Hall–Kier alpha value is -3.65. The van der Waals surface area contributed by atoms with E-state index in [2.05, 4.69) is 52.6 Å². The van der Waals surface area contributed by atoms with E-state index in [1.165, 1.54) is 5.56 Å². The third kappa shape index (κ3) is 5.71. The van der Waals surface area contributed by atoms with Crippen molar-refractivity contribution >= 4 is 23.2 Å². The number of amides is 1. The number of fused-ring (bicyclic) bond motifs is 3. The quantitative estimate of drug-likeness (QED) is 0.440. The highest BCUT2D eigenvalue weighted by Crippen LogP contribution is 2.35. The van der Waals surface area contributed by atoms with Gasteiger partial charge in [0.05, 0.1) is 32.0 Å². The van der Waals surface area contributed by atoms with Crippen molar-refractivity contribution < 1.29 is 14.3 Å². The number of ether oxygens (including phenoxy) is 2. The summed E-state index contributed by atoms with van der Waals surface area (Å²) in [7, 11) is 3.20. The van der Waals surface area contributed by atoms with E-state index in [-0.39, 0.29) is 12.3 Å². The first-order valence-corrected chi connectivity index (χ1v) is 12.0. The van der Waals surface area contributed by atoms with Crippen LogP contribution in [0.1, 0.15) is 31.4 Å². The Morgan fingerprint density at radius 3 is 2.60 bits per heavy atom. The number of aryl methyl sites for hydroxylation is 1. The summed E-state index contributed by atoms with van der Waals surface area (Å²) in [5.41, 5.74) is 5.23. The SMILES string of the molecule is CCN(CC)CCCc1ccc2c(c1)NC(=O)Cc1cnc(Nc3ccc(OC)c(OC)c3)nc1-2. The number of methoxy groups -OCH3 is 2. The van der Waals surface area contributed by atoms with Crippen LogP contribution in [0.2, 0.25) is 0 Å². The van der Waals surface area contributed by atoms with Crippen LogP contribution in [-0.2, 0) is 17.6 Å². The van der Waals surface area contributed by atoms with Crippen LogP contribution < -0.4 is 20.1 Å². The van der Waals surface area contributed by atoms with E-state index in [1.54, 1.807) is 20.4 Å². The topological polar surface area (TPSA) is 88.6 Å². The highest BCUT2D eigenvalue weighted by Gasteiger charge is 2.21. The monoisotopic (exact) mass is 475 g/mol. The summed E-state index contributed by atoms with van der Waals surface area (Å²) in [6.45, 7) is 7.57. The van der Waals surface area contributed by atoms with Crippen molar-refractivity contribution in [2.75, 3.05) is 44.5 Å². The summed E-state index contributed by atoms with van der Waals surface area (Å²) in [6, 6.07) is 11.8. The van der Waals surface area contributed by atoms with E-state index in [0.29, 0.717) is 17.4 Å². The van der Waals surface area contributed by atoms with Crippen molar-refractivity contribution in [1.29, 1.82) is 0 Å². The first kappa shape index (κ1) is 24.5. The maximum atomic E-state index is 12.6. The minimum atomic E-state index is -0.0607. The van der Waals surface area contributed by atoms with Gasteiger partial charge in [-0.05, 0) is 56.2 Å². The molecule has 184 valence electrons. The van der Waals surface area contributed by atoms with Gasteiger partial charge in [-0.3, -0.25) is 4.79 Å². The fourth-order valence-electron chi connectivity index (χ4n) is 4.34. The highest BCUT2D eigenvalue weighted by atomic mass is 16.5. The van der Waals surface area contributed by atoms with Crippen LogP contribution in [0.15, 0.2) is 42.6 Å². The molecule has 3 aromatic rings. The third-order valence-electron chi connectivity index (χ3n) is 6.30. The fourth-order valence-corrected chi connectivity index (χ4v) is 4.34. The maximum absolute atomic E-state index is 12.6. The molecule has 4 rings (SSSR count). The average molecular weight is 476 g/mol. The number of benzene rings is 2. The largest absolute Gasteiger partial charge is 0.493 e. The lowest BCUT2D eigenvalue weighted by molar-refractivity contribution is -0.115. The molecule has 8 heteroatoms. The molecule has 0 fully saturated rings. The van der Waals surface area contributed by atoms with Crippen LogP contribution in [0.5, 0.6) is 11.5 Å². The molecule has 0 bridgehead atoms. The lowest BCUT2D eigenvalue weighted by Crippen LogP contribution is -2.24. The first-order chi connectivity index (χ1) is 17.0. The molecule has 1 aliphatic heterocycles. The van der Waals surface area contributed by atoms with Crippen molar-refractivity contribution in [1.82, 2.24) is 14.9 Å². The Kier molecular flexibility index (Phi) is 7.82. The Morgan fingerprint density at radius 2 is 1.86 bits per heavy atom. The molecule has 0 atom stereocenters. The van der Waals surface area contributed by atoms with Gasteiger partial charge >= 0.3 is 0 Å². The standard InChI is InChI=1S/C27H33N5O3/c1-5-32(6-2)13-7-8-18-9-11-21-22(14-18)30-25(33)15-19-17-28-27(31-26(19)21)29-20-10-12-23(34-3)24(16-20)35-4/h9-12,14,16-17H,5-8,13,15H2,1-4H3,(H,30,33)(H,28,29,31). The minimum Gasteiger partial charge on any atom is -0.493 e. The van der Waals surface area contributed by atoms with Gasteiger partial charge in [-0.1, -0.05) is 26.0 Å². The number of hydrogen-bond donors (Lipinski definition) is 2. The summed E-state index contributed by atoms with van der Waals surface area (Å²) in [4.78, 5) is 24.2. The highest BCUT2D eigenvalue weighted by molar-refractivity contribution is 6.00. The second-order valence-corrected chi connectivity index (χ2v) is 8.50. The summed E-state index contributed by atoms with van der Waals surface area (Å²) < 4.78 is 10.7. The normalized spacial score (nSPS) is 12.4. The second kappa shape index (κ2) is 11.2. The molecule has 0 unspecified atom stereocenters. The first-order valence-electron chi connectivity index (χ1n) is 12.0. The number of nitrogens with one attached hydrogen (secondary N) is 2. The van der Waals surface area contributed by atoms with Gasteiger partial charge in [0.1, 0.15) is 0 Å². The average Bonchev–Trinajstić information content (AvgIpc) is 3.01. The molecule has 1 amide bonds. The van der Waals surface area contributed by atoms with Gasteiger partial charge < -0.3 is 25.0 Å². The molecule has 0 saturated carbocycles. The molecular weight excluding hydrogens is 442 g/mol. The number of nitrogens with zero attached hydrogens (tertiary/aromatic N) is 3. The summed E-state index contributed by atoms with van der Waals surface area (Å²) in [5.74, 6) is 1.64. The molecule has 8 nitrogen and oxygen atoms in total. The second-order valence-electron chi connectivity index (χ2n) is 8.50. The van der Waals surface area contributed by atoms with Crippen LogP contribution in [-0.4, -0.2) is 54.6 Å². The third-order valence-corrected chi connectivity index (χ3v) is 6.30. The van der Waals surface area contributed by atoms with Crippen LogP contribution in [0.25, 0.3) is 11.3 Å². The van der Waals surface area contributed by atoms with E-state index >= 15 is 0 Å². The number of anilines is 3. The molecule has 0 spiro atoms. The Balaban J connectivity index is 1.59. The van der Waals surface area contributed by atoms with Gasteiger partial charge in [0, 0.05) is 29.1 Å². The minimum absolute atomic E-state index is 0.0607. The molecule has 2 aromatic carbocycles. The maximum Gasteiger partial charge on any atom is 0.228 e. The number of carbonyl (C=O) groups is 1. The smallest absolute Gasteiger partial charge is 0.228 e. The van der Waals surface area contributed by atoms with Crippen LogP contribution in [0.4, 0.5) is 17.3 Å². The van der Waals surface area contributed by atoms with E-state index in [4.69, 9.17) is 14.5 Å². The van der Waals surface area contributed by atoms with Crippen molar-refractivity contribution in [3.63, 3.8) is 0 Å². The predicted molar refractivity (Wildman–Crippen MR) is 139 cm³/mol. The van der Waals surface area contributed by atoms with Gasteiger partial charge in [0.2, 0.25) is 11.9 Å². The summed E-state index contributed by atoms with van der Waals surface area (Å²) in [6.07, 6.45) is 3.99. The molecule has 2 N–H and O–H groups in total. The molecule has 0 aliphatic carbocycles.